The summed E-state index contributed by atoms with van der Waals surface area (Å²) in [5.74, 6) is 1.19. The van der Waals surface area contributed by atoms with Crippen molar-refractivity contribution in [3.05, 3.63) is 34.1 Å². The summed E-state index contributed by atoms with van der Waals surface area (Å²) >= 11 is 3.56. The summed E-state index contributed by atoms with van der Waals surface area (Å²) < 4.78 is 14.5. The van der Waals surface area contributed by atoms with Gasteiger partial charge in [0.25, 0.3) is 0 Å². The van der Waals surface area contributed by atoms with Gasteiger partial charge < -0.3 is 5.32 Å². The van der Waals surface area contributed by atoms with Crippen molar-refractivity contribution < 1.29 is 4.39 Å². The summed E-state index contributed by atoms with van der Waals surface area (Å²) in [5, 5.41) is 3.32. The van der Waals surface area contributed by atoms with Crippen LogP contribution in [-0.2, 0) is 6.42 Å². The van der Waals surface area contributed by atoms with E-state index >= 15 is 0 Å². The van der Waals surface area contributed by atoms with Crippen molar-refractivity contribution in [1.29, 1.82) is 0 Å². The molecule has 1 N–H and O–H groups in total. The minimum Gasteiger partial charge on any atom is -0.319 e. The van der Waals surface area contributed by atoms with E-state index in [0.717, 1.165) is 23.0 Å². The average Bonchev–Trinajstić information content (AvgIpc) is 2.37. The van der Waals surface area contributed by atoms with Gasteiger partial charge in [0.1, 0.15) is 5.82 Å². The van der Waals surface area contributed by atoms with Crippen LogP contribution in [0.3, 0.4) is 0 Å². The Morgan fingerprint density at radius 3 is 2.80 bits per heavy atom. The molecule has 0 radical (unpaired) electrons. The third-order valence-corrected chi connectivity index (χ3v) is 5.40. The fourth-order valence-electron chi connectivity index (χ4n) is 3.54. The molecule has 0 aromatic heterocycles. The zero-order valence-electron chi connectivity index (χ0n) is 12.7. The van der Waals surface area contributed by atoms with Gasteiger partial charge in [-0.25, -0.2) is 4.39 Å². The van der Waals surface area contributed by atoms with Crippen molar-refractivity contribution in [2.75, 3.05) is 13.6 Å². The molecular weight excluding hydrogens is 317 g/mol. The smallest absolute Gasteiger partial charge is 0.123 e. The second kappa shape index (κ2) is 6.57. The second-order valence-electron chi connectivity index (χ2n) is 6.92. The number of hydrogen-bond acceptors (Lipinski definition) is 1. The Balaban J connectivity index is 2.16. The Morgan fingerprint density at radius 2 is 2.10 bits per heavy atom. The molecule has 0 amide bonds. The van der Waals surface area contributed by atoms with Crippen molar-refractivity contribution in [1.82, 2.24) is 5.32 Å². The van der Waals surface area contributed by atoms with Crippen LogP contribution in [0.5, 0.6) is 0 Å². The molecule has 1 aliphatic carbocycles. The maximum absolute atomic E-state index is 13.5. The fourth-order valence-corrected chi connectivity index (χ4v) is 3.95. The Bertz CT molecular complexity index is 458. The highest BCUT2D eigenvalue weighted by Crippen LogP contribution is 2.43. The molecule has 1 nitrogen and oxygen atoms in total. The van der Waals surface area contributed by atoms with Crippen LogP contribution in [0.25, 0.3) is 0 Å². The summed E-state index contributed by atoms with van der Waals surface area (Å²) in [5.41, 5.74) is 1.52. The lowest BCUT2D eigenvalue weighted by Gasteiger charge is -2.41. The van der Waals surface area contributed by atoms with Crippen LogP contribution in [-0.4, -0.2) is 13.6 Å². The summed E-state index contributed by atoms with van der Waals surface area (Å²) in [6.45, 7) is 5.78. The SMILES string of the molecule is CNCC1CCC(C)(C)CC1Cc1cc(F)ccc1Br. The molecule has 1 aromatic rings. The van der Waals surface area contributed by atoms with Crippen LogP contribution < -0.4 is 5.32 Å². The van der Waals surface area contributed by atoms with Gasteiger partial charge in [0.2, 0.25) is 0 Å². The Kier molecular flexibility index (Phi) is 5.25. The topological polar surface area (TPSA) is 12.0 Å². The van der Waals surface area contributed by atoms with E-state index in [-0.39, 0.29) is 5.82 Å². The fraction of sp³-hybridized carbons (Fsp3) is 0.647. The highest BCUT2D eigenvalue weighted by atomic mass is 79.9. The lowest BCUT2D eigenvalue weighted by molar-refractivity contribution is 0.117. The molecule has 20 heavy (non-hydrogen) atoms. The monoisotopic (exact) mass is 341 g/mol. The van der Waals surface area contributed by atoms with Crippen molar-refractivity contribution in [2.45, 2.75) is 39.5 Å². The van der Waals surface area contributed by atoms with E-state index in [1.54, 1.807) is 6.07 Å². The molecule has 0 saturated heterocycles. The molecule has 0 bridgehead atoms. The summed E-state index contributed by atoms with van der Waals surface area (Å²) in [7, 11) is 2.02. The van der Waals surface area contributed by atoms with Crippen molar-refractivity contribution in [3.63, 3.8) is 0 Å². The Hall–Kier alpha value is -0.410. The predicted molar refractivity (Wildman–Crippen MR) is 86.3 cm³/mol. The largest absolute Gasteiger partial charge is 0.319 e. The van der Waals surface area contributed by atoms with E-state index in [0.29, 0.717) is 17.3 Å². The molecule has 2 unspecified atom stereocenters. The van der Waals surface area contributed by atoms with Crippen LogP contribution in [0.2, 0.25) is 0 Å². The standard InChI is InChI=1S/C17H25BrFN/c1-17(2)7-6-12(11-20-3)14(10-17)8-13-9-15(19)4-5-16(13)18/h4-5,9,12,14,20H,6-8,10-11H2,1-3H3. The van der Waals surface area contributed by atoms with E-state index in [2.05, 4.69) is 35.1 Å². The molecule has 2 rings (SSSR count). The van der Waals surface area contributed by atoms with Gasteiger partial charge in [-0.1, -0.05) is 29.8 Å². The summed E-state index contributed by atoms with van der Waals surface area (Å²) in [4.78, 5) is 0. The second-order valence-corrected chi connectivity index (χ2v) is 7.78. The molecule has 1 fully saturated rings. The first-order chi connectivity index (χ1) is 9.41. The summed E-state index contributed by atoms with van der Waals surface area (Å²) in [6, 6.07) is 5.03. The molecule has 112 valence electrons. The molecule has 3 heteroatoms. The van der Waals surface area contributed by atoms with Gasteiger partial charge in [-0.05, 0) is 80.3 Å². The molecule has 0 aliphatic heterocycles. The highest BCUT2D eigenvalue weighted by molar-refractivity contribution is 9.10. The first-order valence-electron chi connectivity index (χ1n) is 7.50. The lowest BCUT2D eigenvalue weighted by Crippen LogP contribution is -2.36. The Labute approximate surface area is 130 Å². The van der Waals surface area contributed by atoms with E-state index in [4.69, 9.17) is 0 Å². The molecule has 2 atom stereocenters. The molecule has 1 saturated carbocycles. The molecule has 0 spiro atoms. The minimum atomic E-state index is -0.136. The van der Waals surface area contributed by atoms with Crippen LogP contribution >= 0.6 is 15.9 Å². The molecule has 0 heterocycles. The quantitative estimate of drug-likeness (QED) is 0.829. The van der Waals surface area contributed by atoms with E-state index in [1.165, 1.54) is 25.3 Å². The molecular formula is C17H25BrFN. The number of nitrogens with one attached hydrogen (secondary N) is 1. The first kappa shape index (κ1) is 16.0. The van der Waals surface area contributed by atoms with Crippen LogP contribution in [0.1, 0.15) is 38.7 Å². The van der Waals surface area contributed by atoms with Gasteiger partial charge in [0.15, 0.2) is 0 Å². The van der Waals surface area contributed by atoms with Gasteiger partial charge in [-0.15, -0.1) is 0 Å². The molecule has 1 aliphatic rings. The number of halogens is 2. The van der Waals surface area contributed by atoms with Gasteiger partial charge >= 0.3 is 0 Å². The van der Waals surface area contributed by atoms with Crippen molar-refractivity contribution >= 4 is 15.9 Å². The third-order valence-electron chi connectivity index (χ3n) is 4.63. The lowest BCUT2D eigenvalue weighted by atomic mass is 9.65. The van der Waals surface area contributed by atoms with Gasteiger partial charge in [-0.3, -0.25) is 0 Å². The van der Waals surface area contributed by atoms with E-state index < -0.39 is 0 Å². The number of benzene rings is 1. The zero-order valence-corrected chi connectivity index (χ0v) is 14.3. The van der Waals surface area contributed by atoms with Gasteiger partial charge in [0, 0.05) is 4.47 Å². The highest BCUT2D eigenvalue weighted by Gasteiger charge is 2.34. The van der Waals surface area contributed by atoms with Crippen molar-refractivity contribution in [3.8, 4) is 0 Å². The number of rotatable bonds is 4. The van der Waals surface area contributed by atoms with Crippen LogP contribution in [0.15, 0.2) is 22.7 Å². The third kappa shape index (κ3) is 4.05. The van der Waals surface area contributed by atoms with E-state index in [1.807, 2.05) is 13.1 Å². The maximum atomic E-state index is 13.5. The average molecular weight is 342 g/mol. The summed E-state index contributed by atoms with van der Waals surface area (Å²) in [6.07, 6.45) is 4.75. The number of hydrogen-bond donors (Lipinski definition) is 1. The van der Waals surface area contributed by atoms with Gasteiger partial charge in [0.05, 0.1) is 0 Å². The first-order valence-corrected chi connectivity index (χ1v) is 8.29. The van der Waals surface area contributed by atoms with Gasteiger partial charge in [-0.2, -0.15) is 0 Å². The minimum absolute atomic E-state index is 0.136. The zero-order chi connectivity index (χ0) is 14.8. The van der Waals surface area contributed by atoms with Crippen LogP contribution in [0.4, 0.5) is 4.39 Å². The predicted octanol–water partition coefficient (Wildman–Crippen LogP) is 4.79. The van der Waals surface area contributed by atoms with Crippen LogP contribution in [0, 0.1) is 23.1 Å². The normalized spacial score (nSPS) is 25.6. The van der Waals surface area contributed by atoms with Crippen molar-refractivity contribution in [2.24, 2.45) is 17.3 Å². The Morgan fingerprint density at radius 1 is 1.35 bits per heavy atom. The van der Waals surface area contributed by atoms with E-state index in [9.17, 15) is 4.39 Å². The maximum Gasteiger partial charge on any atom is 0.123 e. The molecule has 1 aromatic carbocycles.